The van der Waals surface area contributed by atoms with E-state index in [0.717, 1.165) is 24.1 Å². The molecule has 2 aliphatic carbocycles. The normalized spacial score (nSPS) is 22.4. The molecule has 0 bridgehead atoms. The molecule has 4 rings (SSSR count). The smallest absolute Gasteiger partial charge is 0.272 e. The zero-order chi connectivity index (χ0) is 19.2. The quantitative estimate of drug-likeness (QED) is 0.862. The number of carbonyl (C=O) groups excluding carboxylic acids is 1. The molecule has 2 heterocycles. The van der Waals surface area contributed by atoms with Gasteiger partial charge < -0.3 is 10.4 Å². The Labute approximate surface area is 159 Å². The topological polar surface area (TPSA) is 92.9 Å². The number of carbonyl (C=O) groups is 1. The van der Waals surface area contributed by atoms with Crippen LogP contribution < -0.4 is 5.32 Å². The maximum atomic E-state index is 13.1. The van der Waals surface area contributed by atoms with Crippen molar-refractivity contribution in [3.63, 3.8) is 0 Å². The molecule has 1 fully saturated rings. The summed E-state index contributed by atoms with van der Waals surface area (Å²) in [5, 5.41) is 17.3. The van der Waals surface area contributed by atoms with Gasteiger partial charge in [0, 0.05) is 23.9 Å². The fourth-order valence-electron chi connectivity index (χ4n) is 4.47. The van der Waals surface area contributed by atoms with Crippen LogP contribution in [0.2, 0.25) is 0 Å². The van der Waals surface area contributed by atoms with Gasteiger partial charge in [0.05, 0.1) is 24.5 Å². The van der Waals surface area contributed by atoms with Gasteiger partial charge in [-0.15, -0.1) is 0 Å². The maximum absolute atomic E-state index is 13.1. The summed E-state index contributed by atoms with van der Waals surface area (Å²) in [7, 11) is 0. The Balaban J connectivity index is 1.73. The van der Waals surface area contributed by atoms with Crippen LogP contribution in [0.15, 0.2) is 18.6 Å². The van der Waals surface area contributed by atoms with Gasteiger partial charge in [-0.05, 0) is 30.6 Å². The predicted octanol–water partition coefficient (Wildman–Crippen LogP) is 2.24. The lowest BCUT2D eigenvalue weighted by molar-refractivity contribution is 0.0841. The van der Waals surface area contributed by atoms with E-state index in [1.165, 1.54) is 12.8 Å². The number of rotatable bonds is 4. The average Bonchev–Trinajstić information content (AvgIpc) is 3.30. The molecule has 0 radical (unpaired) electrons. The molecule has 0 aliphatic heterocycles. The van der Waals surface area contributed by atoms with Gasteiger partial charge in [-0.25, -0.2) is 9.67 Å². The lowest BCUT2D eigenvalue weighted by atomic mass is 9.87. The molecular weight excluding hydrogens is 342 g/mol. The van der Waals surface area contributed by atoms with Crippen LogP contribution in [0.5, 0.6) is 0 Å². The summed E-state index contributed by atoms with van der Waals surface area (Å²) in [5.74, 6) is 1.45. The first kappa shape index (κ1) is 18.1. The van der Waals surface area contributed by atoms with Crippen LogP contribution in [0.3, 0.4) is 0 Å². The van der Waals surface area contributed by atoms with Crippen molar-refractivity contribution in [3.05, 3.63) is 35.5 Å². The largest absolute Gasteiger partial charge is 0.394 e. The van der Waals surface area contributed by atoms with Crippen LogP contribution >= 0.6 is 0 Å². The number of hydrogen-bond donors (Lipinski definition) is 2. The number of hydrogen-bond acceptors (Lipinski definition) is 5. The number of nitrogens with zero attached hydrogens (tertiary/aromatic N) is 4. The van der Waals surface area contributed by atoms with E-state index in [9.17, 15) is 9.90 Å². The lowest BCUT2D eigenvalue weighted by Gasteiger charge is -2.29. The highest BCUT2D eigenvalue weighted by molar-refractivity contribution is 5.94. The molecule has 7 heteroatoms. The molecule has 7 nitrogen and oxygen atoms in total. The minimum Gasteiger partial charge on any atom is -0.394 e. The van der Waals surface area contributed by atoms with Gasteiger partial charge in [-0.3, -0.25) is 9.78 Å². The summed E-state index contributed by atoms with van der Waals surface area (Å²) in [6, 6.07) is -0.330. The maximum Gasteiger partial charge on any atom is 0.272 e. The second-order valence-electron chi connectivity index (χ2n) is 8.76. The molecular formula is C20H27N5O2. The van der Waals surface area contributed by atoms with Gasteiger partial charge in [-0.2, -0.15) is 5.10 Å². The first-order valence-electron chi connectivity index (χ1n) is 9.70. The molecule has 2 N–H and O–H groups in total. The SMILES string of the molecule is CC(C)(C)[C@@H](CO)NC(=O)c1nn(-c2cnccn2)c2c1C[C@@H]1CCC[C@H]21. The van der Waals surface area contributed by atoms with Crippen LogP contribution in [0, 0.1) is 11.3 Å². The third-order valence-corrected chi connectivity index (χ3v) is 6.01. The molecule has 27 heavy (non-hydrogen) atoms. The Morgan fingerprint density at radius 1 is 1.37 bits per heavy atom. The summed E-state index contributed by atoms with van der Waals surface area (Å²) in [6.07, 6.45) is 9.40. The van der Waals surface area contributed by atoms with Crippen LogP contribution in [-0.4, -0.2) is 43.4 Å². The molecule has 2 aliphatic rings. The fourth-order valence-corrected chi connectivity index (χ4v) is 4.47. The number of amides is 1. The molecule has 0 unspecified atom stereocenters. The molecule has 0 spiro atoms. The lowest BCUT2D eigenvalue weighted by Crippen LogP contribution is -2.46. The van der Waals surface area contributed by atoms with Crippen LogP contribution in [0.4, 0.5) is 0 Å². The molecule has 2 aromatic heterocycles. The standard InChI is InChI=1S/C20H27N5O2/c1-20(2,3)15(11-26)23-19(27)17-14-9-12-5-4-6-13(12)18(14)25(24-17)16-10-21-7-8-22-16/h7-8,10,12-13,15,26H,4-6,9,11H2,1-3H3,(H,23,27)/t12-,13-,15+/m0/s1. The molecule has 0 aromatic carbocycles. The summed E-state index contributed by atoms with van der Waals surface area (Å²) >= 11 is 0. The van der Waals surface area contributed by atoms with Crippen molar-refractivity contribution in [3.8, 4) is 5.82 Å². The Hall–Kier alpha value is -2.28. The first-order valence-corrected chi connectivity index (χ1v) is 9.70. The van der Waals surface area contributed by atoms with E-state index >= 15 is 0 Å². The second-order valence-corrected chi connectivity index (χ2v) is 8.76. The number of fused-ring (bicyclic) bond motifs is 3. The summed E-state index contributed by atoms with van der Waals surface area (Å²) in [6.45, 7) is 5.90. The number of aliphatic hydroxyl groups excluding tert-OH is 1. The van der Waals surface area contributed by atoms with E-state index < -0.39 is 0 Å². The Morgan fingerprint density at radius 2 is 2.19 bits per heavy atom. The van der Waals surface area contributed by atoms with Crippen LogP contribution in [-0.2, 0) is 6.42 Å². The van der Waals surface area contributed by atoms with Crippen molar-refractivity contribution in [1.82, 2.24) is 25.1 Å². The van der Waals surface area contributed by atoms with Gasteiger partial charge in [0.15, 0.2) is 11.5 Å². The van der Waals surface area contributed by atoms with E-state index in [1.807, 2.05) is 25.5 Å². The van der Waals surface area contributed by atoms with Crippen LogP contribution in [0.25, 0.3) is 5.82 Å². The van der Waals surface area contributed by atoms with Crippen molar-refractivity contribution in [2.45, 2.75) is 58.4 Å². The minimum atomic E-state index is -0.330. The molecule has 0 saturated heterocycles. The predicted molar refractivity (Wildman–Crippen MR) is 101 cm³/mol. The first-order chi connectivity index (χ1) is 12.9. The average molecular weight is 369 g/mol. The molecule has 1 saturated carbocycles. The minimum absolute atomic E-state index is 0.104. The monoisotopic (exact) mass is 369 g/mol. The summed E-state index contributed by atoms with van der Waals surface area (Å²) in [4.78, 5) is 21.6. The van der Waals surface area contributed by atoms with Crippen molar-refractivity contribution in [2.75, 3.05) is 6.61 Å². The van der Waals surface area contributed by atoms with Crippen LogP contribution in [0.1, 0.15) is 67.7 Å². The zero-order valence-corrected chi connectivity index (χ0v) is 16.1. The van der Waals surface area contributed by atoms with Gasteiger partial charge in [0.1, 0.15) is 0 Å². The van der Waals surface area contributed by atoms with E-state index in [2.05, 4.69) is 20.4 Å². The Morgan fingerprint density at radius 3 is 2.85 bits per heavy atom. The Kier molecular flexibility index (Phi) is 4.50. The second kappa shape index (κ2) is 6.71. The van der Waals surface area contributed by atoms with E-state index in [0.29, 0.717) is 23.3 Å². The van der Waals surface area contributed by atoms with Crippen molar-refractivity contribution < 1.29 is 9.90 Å². The molecule has 2 aromatic rings. The fraction of sp³-hybridized carbons (Fsp3) is 0.600. The summed E-state index contributed by atoms with van der Waals surface area (Å²) < 4.78 is 1.82. The van der Waals surface area contributed by atoms with E-state index in [-0.39, 0.29) is 24.0 Å². The highest BCUT2D eigenvalue weighted by Crippen LogP contribution is 2.49. The Bertz CT molecular complexity index is 840. The molecule has 144 valence electrons. The molecule has 1 amide bonds. The van der Waals surface area contributed by atoms with E-state index in [4.69, 9.17) is 0 Å². The molecule has 3 atom stereocenters. The van der Waals surface area contributed by atoms with Gasteiger partial charge in [0.2, 0.25) is 0 Å². The summed E-state index contributed by atoms with van der Waals surface area (Å²) in [5.41, 5.74) is 2.39. The van der Waals surface area contributed by atoms with Gasteiger partial charge >= 0.3 is 0 Å². The van der Waals surface area contributed by atoms with Gasteiger partial charge in [0.25, 0.3) is 5.91 Å². The van der Waals surface area contributed by atoms with E-state index in [1.54, 1.807) is 18.6 Å². The third-order valence-electron chi connectivity index (χ3n) is 6.01. The number of aromatic nitrogens is 4. The third kappa shape index (κ3) is 3.14. The van der Waals surface area contributed by atoms with Gasteiger partial charge in [-0.1, -0.05) is 27.2 Å². The zero-order valence-electron chi connectivity index (χ0n) is 16.1. The van der Waals surface area contributed by atoms with Crippen molar-refractivity contribution >= 4 is 5.91 Å². The number of aliphatic hydroxyl groups is 1. The van der Waals surface area contributed by atoms with Crippen molar-refractivity contribution in [2.24, 2.45) is 11.3 Å². The highest BCUT2D eigenvalue weighted by atomic mass is 16.3. The number of nitrogens with one attached hydrogen (secondary N) is 1. The van der Waals surface area contributed by atoms with Crippen molar-refractivity contribution in [1.29, 1.82) is 0 Å². The highest BCUT2D eigenvalue weighted by Gasteiger charge is 2.43.